The van der Waals surface area contributed by atoms with Crippen LogP contribution < -0.4 is 15.1 Å². The molecular formula is C16H21N4O2S+. The fourth-order valence-corrected chi connectivity index (χ4v) is 2.50. The molecule has 1 atom stereocenters. The molecule has 23 heavy (non-hydrogen) atoms. The number of anilines is 1. The van der Waals surface area contributed by atoms with Crippen molar-refractivity contribution < 1.29 is 14.5 Å². The smallest absolute Gasteiger partial charge is 0.251 e. The predicted octanol–water partition coefficient (Wildman–Crippen LogP) is -0.426. The zero-order valence-electron chi connectivity index (χ0n) is 13.5. The lowest BCUT2D eigenvalue weighted by molar-refractivity contribution is -0.856. The maximum absolute atomic E-state index is 12.7. The summed E-state index contributed by atoms with van der Waals surface area (Å²) in [7, 11) is 4.04. The maximum Gasteiger partial charge on any atom is 0.251 e. The molecule has 0 bridgehead atoms. The Bertz CT molecular complexity index is 657. The number of amides is 2. The number of benzene rings is 1. The van der Waals surface area contributed by atoms with Crippen molar-refractivity contribution in [2.45, 2.75) is 6.92 Å². The average Bonchev–Trinajstić information content (AvgIpc) is 2.45. The summed E-state index contributed by atoms with van der Waals surface area (Å²) >= 11 is 5.15. The Kier molecular flexibility index (Phi) is 5.57. The summed E-state index contributed by atoms with van der Waals surface area (Å²) in [6.45, 7) is 3.33. The van der Waals surface area contributed by atoms with Crippen LogP contribution in [0, 0.1) is 12.8 Å². The zero-order valence-corrected chi connectivity index (χ0v) is 14.3. The molecule has 1 heterocycles. The number of quaternary nitrogens is 1. The number of thiocarbonyl (C=S) groups is 1. The van der Waals surface area contributed by atoms with E-state index in [4.69, 9.17) is 12.2 Å². The first-order valence-electron chi connectivity index (χ1n) is 7.44. The summed E-state index contributed by atoms with van der Waals surface area (Å²) in [5.74, 6) is -1.74. The minimum absolute atomic E-state index is 0.105. The van der Waals surface area contributed by atoms with E-state index in [9.17, 15) is 9.59 Å². The highest BCUT2D eigenvalue weighted by Crippen LogP contribution is 2.21. The number of likely N-dealkylation sites (N-methyl/N-ethyl adjacent to an activating group) is 1. The van der Waals surface area contributed by atoms with E-state index in [-0.39, 0.29) is 11.0 Å². The highest BCUT2D eigenvalue weighted by atomic mass is 32.1. The second-order valence-electron chi connectivity index (χ2n) is 5.80. The lowest BCUT2D eigenvalue weighted by Crippen LogP contribution is -3.06. The van der Waals surface area contributed by atoms with Crippen LogP contribution in [0.2, 0.25) is 0 Å². The quantitative estimate of drug-likeness (QED) is 0.437. The van der Waals surface area contributed by atoms with Crippen molar-refractivity contribution in [3.63, 3.8) is 0 Å². The molecule has 0 saturated carbocycles. The number of hydrogen-bond donors (Lipinski definition) is 2. The molecule has 7 heteroatoms. The molecule has 1 aliphatic heterocycles. The molecule has 0 aromatic heterocycles. The van der Waals surface area contributed by atoms with Gasteiger partial charge in [-0.2, -0.15) is 0 Å². The van der Waals surface area contributed by atoms with Gasteiger partial charge in [-0.3, -0.25) is 19.5 Å². The monoisotopic (exact) mass is 333 g/mol. The van der Waals surface area contributed by atoms with E-state index in [1.165, 1.54) is 16.0 Å². The van der Waals surface area contributed by atoms with Crippen molar-refractivity contribution in [3.8, 4) is 0 Å². The number of nitrogens with zero attached hydrogens (tertiary/aromatic N) is 2. The van der Waals surface area contributed by atoms with Crippen molar-refractivity contribution in [3.05, 3.63) is 29.8 Å². The van der Waals surface area contributed by atoms with E-state index >= 15 is 0 Å². The Balaban J connectivity index is 2.20. The molecule has 1 aromatic carbocycles. The van der Waals surface area contributed by atoms with E-state index < -0.39 is 11.8 Å². The predicted molar refractivity (Wildman–Crippen MR) is 93.9 cm³/mol. The van der Waals surface area contributed by atoms with Gasteiger partial charge in [0.05, 0.1) is 32.9 Å². The fourth-order valence-electron chi connectivity index (χ4n) is 2.20. The van der Waals surface area contributed by atoms with Crippen LogP contribution in [-0.2, 0) is 9.59 Å². The number of carbonyl (C=O) groups excluding carboxylic acids is 2. The topological polar surface area (TPSA) is 66.2 Å². The van der Waals surface area contributed by atoms with Crippen molar-refractivity contribution >= 4 is 41.0 Å². The third-order valence-corrected chi connectivity index (χ3v) is 3.74. The number of nitrogens with one attached hydrogen (secondary N) is 2. The van der Waals surface area contributed by atoms with Crippen molar-refractivity contribution in [2.75, 3.05) is 32.1 Å². The van der Waals surface area contributed by atoms with Gasteiger partial charge >= 0.3 is 0 Å². The summed E-state index contributed by atoms with van der Waals surface area (Å²) in [5.41, 5.74) is 1.66. The van der Waals surface area contributed by atoms with Crippen LogP contribution in [0.1, 0.15) is 5.56 Å². The van der Waals surface area contributed by atoms with E-state index in [0.717, 1.165) is 12.1 Å². The third-order valence-electron chi connectivity index (χ3n) is 3.46. The fraction of sp³-hybridized carbons (Fsp3) is 0.375. The second kappa shape index (κ2) is 7.43. The van der Waals surface area contributed by atoms with Gasteiger partial charge in [-0.1, -0.05) is 12.1 Å². The average molecular weight is 333 g/mol. The Labute approximate surface area is 141 Å². The van der Waals surface area contributed by atoms with Crippen LogP contribution in [-0.4, -0.2) is 50.3 Å². The standard InChI is InChI=1S/C16H20N4O2S/c1-11-5-4-6-12(9-11)20-15(22)13(14(21)18-16(20)23)10-17-7-8-19(2)3/h4-6,9-10,13H,7-8H2,1-3H3,(H,18,21,23)/p+1/t13-/m0/s1. The number of aliphatic imine (C=N–C) groups is 1. The van der Waals surface area contributed by atoms with Crippen LogP contribution >= 0.6 is 12.2 Å². The molecule has 6 nitrogen and oxygen atoms in total. The van der Waals surface area contributed by atoms with Crippen molar-refractivity contribution in [1.82, 2.24) is 5.32 Å². The molecule has 0 radical (unpaired) electrons. The summed E-state index contributed by atoms with van der Waals surface area (Å²) in [5, 5.41) is 2.68. The minimum Gasteiger partial charge on any atom is -0.338 e. The summed E-state index contributed by atoms with van der Waals surface area (Å²) in [4.78, 5) is 31.5. The van der Waals surface area contributed by atoms with Crippen LogP contribution in [0.15, 0.2) is 29.3 Å². The molecular weight excluding hydrogens is 312 g/mol. The Morgan fingerprint density at radius 2 is 2.13 bits per heavy atom. The van der Waals surface area contributed by atoms with Crippen molar-refractivity contribution in [1.29, 1.82) is 0 Å². The van der Waals surface area contributed by atoms with Crippen LogP contribution in [0.5, 0.6) is 0 Å². The van der Waals surface area contributed by atoms with E-state index in [2.05, 4.69) is 10.3 Å². The number of carbonyl (C=O) groups is 2. The van der Waals surface area contributed by atoms with Gasteiger partial charge in [-0.15, -0.1) is 0 Å². The largest absolute Gasteiger partial charge is 0.338 e. The first-order valence-corrected chi connectivity index (χ1v) is 7.85. The molecule has 122 valence electrons. The first-order chi connectivity index (χ1) is 10.9. The van der Waals surface area contributed by atoms with Gasteiger partial charge < -0.3 is 10.2 Å². The molecule has 1 aliphatic rings. The normalized spacial score (nSPS) is 18.9. The Morgan fingerprint density at radius 3 is 2.78 bits per heavy atom. The summed E-state index contributed by atoms with van der Waals surface area (Å²) in [6, 6.07) is 7.42. The van der Waals surface area contributed by atoms with E-state index in [1.807, 2.05) is 39.2 Å². The Morgan fingerprint density at radius 1 is 1.39 bits per heavy atom. The second-order valence-corrected chi connectivity index (χ2v) is 6.18. The number of hydrogen-bond acceptors (Lipinski definition) is 4. The molecule has 1 saturated heterocycles. The van der Waals surface area contributed by atoms with Gasteiger partial charge in [0.2, 0.25) is 5.91 Å². The van der Waals surface area contributed by atoms with E-state index in [0.29, 0.717) is 12.2 Å². The number of aryl methyl sites for hydroxylation is 1. The third kappa shape index (κ3) is 4.20. The Hall–Kier alpha value is -2.12. The molecule has 2 N–H and O–H groups in total. The van der Waals surface area contributed by atoms with Gasteiger partial charge in [0.1, 0.15) is 0 Å². The van der Waals surface area contributed by atoms with Crippen LogP contribution in [0.25, 0.3) is 0 Å². The minimum atomic E-state index is -0.945. The molecule has 0 spiro atoms. The highest BCUT2D eigenvalue weighted by Gasteiger charge is 2.38. The maximum atomic E-state index is 12.7. The summed E-state index contributed by atoms with van der Waals surface area (Å²) < 4.78 is 0. The highest BCUT2D eigenvalue weighted by molar-refractivity contribution is 7.80. The van der Waals surface area contributed by atoms with Gasteiger partial charge in [-0.25, -0.2) is 0 Å². The van der Waals surface area contributed by atoms with Crippen molar-refractivity contribution in [2.24, 2.45) is 10.9 Å². The molecule has 0 aliphatic carbocycles. The molecule has 2 amide bonds. The van der Waals surface area contributed by atoms with Gasteiger partial charge in [0.25, 0.3) is 5.91 Å². The zero-order chi connectivity index (χ0) is 17.0. The van der Waals surface area contributed by atoms with Crippen LogP contribution in [0.3, 0.4) is 0 Å². The van der Waals surface area contributed by atoms with Gasteiger partial charge in [-0.05, 0) is 36.8 Å². The number of rotatable bonds is 5. The molecule has 1 fully saturated rings. The van der Waals surface area contributed by atoms with Gasteiger partial charge in [0.15, 0.2) is 11.0 Å². The van der Waals surface area contributed by atoms with Gasteiger partial charge in [0, 0.05) is 6.21 Å². The lowest BCUT2D eigenvalue weighted by Gasteiger charge is -2.31. The molecule has 1 aromatic rings. The molecule has 0 unspecified atom stereocenters. The lowest BCUT2D eigenvalue weighted by atomic mass is 10.1. The van der Waals surface area contributed by atoms with Crippen LogP contribution in [0.4, 0.5) is 5.69 Å². The van der Waals surface area contributed by atoms with E-state index in [1.54, 1.807) is 6.07 Å². The first kappa shape index (κ1) is 17.2. The molecule has 2 rings (SSSR count). The SMILES string of the molecule is Cc1cccc(N2C(=O)[C@@H](C=NCC[NH+](C)C)C(=O)NC2=S)c1. The summed E-state index contributed by atoms with van der Waals surface area (Å²) in [6.07, 6.45) is 1.42.